The summed E-state index contributed by atoms with van der Waals surface area (Å²) >= 11 is 0. The molecule has 89 heavy (non-hydrogen) atoms. The molecule has 2 unspecified atom stereocenters. The van der Waals surface area contributed by atoms with Gasteiger partial charge in [-0.1, -0.05) is 290 Å². The number of phosphoric ester groups is 2. The van der Waals surface area contributed by atoms with Crippen molar-refractivity contribution in [3.05, 3.63) is 24.3 Å². The molecule has 3 N–H and O–H groups in total. The second-order valence-corrected chi connectivity index (χ2v) is 27.5. The van der Waals surface area contributed by atoms with Gasteiger partial charge < -0.3 is 33.8 Å². The van der Waals surface area contributed by atoms with Crippen LogP contribution in [0.15, 0.2) is 24.3 Å². The van der Waals surface area contributed by atoms with Crippen LogP contribution in [-0.2, 0) is 65.4 Å². The molecule has 0 aliphatic rings. The molecule has 0 heterocycles. The smallest absolute Gasteiger partial charge is 0.462 e. The molecule has 5 atom stereocenters. The van der Waals surface area contributed by atoms with Gasteiger partial charge in [-0.25, -0.2) is 9.13 Å². The summed E-state index contributed by atoms with van der Waals surface area (Å²) < 4.78 is 67.9. The number of carbonyl (C=O) groups is 4. The first-order valence-electron chi connectivity index (χ1n) is 36.1. The number of hydrogen-bond acceptors (Lipinski definition) is 15. The van der Waals surface area contributed by atoms with Crippen molar-refractivity contribution in [1.29, 1.82) is 0 Å². The summed E-state index contributed by atoms with van der Waals surface area (Å²) in [6.07, 6.45) is 55.6. The minimum atomic E-state index is -4.96. The average molecular weight is 1310 g/mol. The maximum atomic E-state index is 13.0. The minimum Gasteiger partial charge on any atom is -0.462 e. The van der Waals surface area contributed by atoms with Crippen molar-refractivity contribution in [1.82, 2.24) is 0 Å². The predicted molar refractivity (Wildman–Crippen MR) is 358 cm³/mol. The summed E-state index contributed by atoms with van der Waals surface area (Å²) in [4.78, 5) is 72.1. The molecule has 0 bridgehead atoms. The molecule has 19 heteroatoms. The highest BCUT2D eigenvalue weighted by atomic mass is 31.2. The Morgan fingerprint density at radius 3 is 0.820 bits per heavy atom. The van der Waals surface area contributed by atoms with Gasteiger partial charge in [0, 0.05) is 25.7 Å². The lowest BCUT2D eigenvalue weighted by Gasteiger charge is -2.21. The van der Waals surface area contributed by atoms with Crippen LogP contribution in [0.2, 0.25) is 0 Å². The average Bonchev–Trinajstić information content (AvgIpc) is 3.66. The molecule has 0 saturated carbocycles. The van der Waals surface area contributed by atoms with Crippen LogP contribution in [0, 0.1) is 0 Å². The Balaban J connectivity index is 5.13. The lowest BCUT2D eigenvalue weighted by Crippen LogP contribution is -2.30. The van der Waals surface area contributed by atoms with Crippen molar-refractivity contribution < 1.29 is 80.2 Å². The second kappa shape index (κ2) is 64.3. The van der Waals surface area contributed by atoms with Crippen LogP contribution in [0.3, 0.4) is 0 Å². The summed E-state index contributed by atoms with van der Waals surface area (Å²) in [6, 6.07) is 0. The van der Waals surface area contributed by atoms with Crippen molar-refractivity contribution in [2.75, 3.05) is 39.6 Å². The first kappa shape index (κ1) is 86.5. The minimum absolute atomic E-state index is 0.102. The van der Waals surface area contributed by atoms with E-state index in [1.165, 1.54) is 141 Å². The highest BCUT2D eigenvalue weighted by Gasteiger charge is 2.30. The Labute approximate surface area is 542 Å². The van der Waals surface area contributed by atoms with Gasteiger partial charge in [-0.15, -0.1) is 0 Å². The van der Waals surface area contributed by atoms with Gasteiger partial charge in [0.15, 0.2) is 12.2 Å². The molecule has 0 fully saturated rings. The largest absolute Gasteiger partial charge is 0.472 e. The Morgan fingerprint density at radius 1 is 0.315 bits per heavy atom. The number of esters is 4. The van der Waals surface area contributed by atoms with E-state index >= 15 is 0 Å². The summed E-state index contributed by atoms with van der Waals surface area (Å²) in [5, 5.41) is 10.5. The van der Waals surface area contributed by atoms with E-state index in [1.807, 2.05) is 0 Å². The molecule has 0 rings (SSSR count). The van der Waals surface area contributed by atoms with E-state index in [0.717, 1.165) is 122 Å². The van der Waals surface area contributed by atoms with Crippen LogP contribution in [0.5, 0.6) is 0 Å². The number of hydrogen-bond donors (Lipinski definition) is 3. The molecular formula is C70H132O17P2. The topological polar surface area (TPSA) is 237 Å². The number of ether oxygens (including phenoxy) is 4. The van der Waals surface area contributed by atoms with E-state index in [4.69, 9.17) is 37.0 Å². The summed E-state index contributed by atoms with van der Waals surface area (Å²) in [5.74, 6) is -2.17. The zero-order valence-corrected chi connectivity index (χ0v) is 58.7. The lowest BCUT2D eigenvalue weighted by atomic mass is 10.0. The van der Waals surface area contributed by atoms with Crippen LogP contribution in [0.1, 0.15) is 342 Å². The first-order chi connectivity index (χ1) is 43.2. The Hall–Kier alpha value is -2.46. The maximum Gasteiger partial charge on any atom is 0.472 e. The fourth-order valence-corrected chi connectivity index (χ4v) is 11.7. The number of aliphatic hydroxyl groups is 1. The van der Waals surface area contributed by atoms with Gasteiger partial charge in [-0.2, -0.15) is 0 Å². The highest BCUT2D eigenvalue weighted by molar-refractivity contribution is 7.47. The van der Waals surface area contributed by atoms with Gasteiger partial charge in [0.05, 0.1) is 26.4 Å². The number of rotatable bonds is 69. The fraction of sp³-hybridized carbons (Fsp3) is 0.886. The zero-order valence-electron chi connectivity index (χ0n) is 56.9. The highest BCUT2D eigenvalue weighted by Crippen LogP contribution is 2.45. The van der Waals surface area contributed by atoms with Crippen LogP contribution >= 0.6 is 15.6 Å². The van der Waals surface area contributed by atoms with Crippen molar-refractivity contribution >= 4 is 39.5 Å². The summed E-state index contributed by atoms with van der Waals surface area (Å²) in [5.41, 5.74) is 0. The standard InChI is InChI=1S/C70H132O17P2/c1-5-9-13-17-20-23-25-27-29-30-31-32-33-34-36-38-40-42-45-49-53-57-70(75)87-66(61-81-68(73)55-51-47-44-41-39-37-35-28-26-24-21-18-14-10-6-2)63-85-89(78,79)83-59-64(71)58-82-88(76,77)84-62-65(60-80-67(72)54-50-46-16-12-8-4)86-69(74)56-52-48-43-22-19-15-11-7-3/h24,26,28,35,64-66,71H,5-23,25,27,29-34,36-63H2,1-4H3,(H,76,77)(H,78,79)/b26-24-,35-28-/t64-,65+,66+/m0/s1. The molecule has 524 valence electrons. The van der Waals surface area contributed by atoms with Crippen molar-refractivity contribution in [3.63, 3.8) is 0 Å². The number of unbranched alkanes of at least 4 members (excludes halogenated alkanes) is 40. The molecule has 0 aromatic heterocycles. The van der Waals surface area contributed by atoms with Gasteiger partial charge in [0.2, 0.25) is 0 Å². The van der Waals surface area contributed by atoms with Crippen molar-refractivity contribution in [2.24, 2.45) is 0 Å². The van der Waals surface area contributed by atoms with E-state index in [0.29, 0.717) is 25.7 Å². The van der Waals surface area contributed by atoms with E-state index < -0.39 is 97.5 Å². The normalized spacial score (nSPS) is 14.2. The third-order valence-corrected chi connectivity index (χ3v) is 17.6. The van der Waals surface area contributed by atoms with Crippen molar-refractivity contribution in [3.8, 4) is 0 Å². The molecule has 0 amide bonds. The van der Waals surface area contributed by atoms with Crippen LogP contribution in [0.25, 0.3) is 0 Å². The van der Waals surface area contributed by atoms with Gasteiger partial charge in [-0.05, 0) is 51.4 Å². The second-order valence-electron chi connectivity index (χ2n) is 24.6. The molecule has 0 aromatic rings. The quantitative estimate of drug-likeness (QED) is 0.0169. The summed E-state index contributed by atoms with van der Waals surface area (Å²) in [7, 11) is -9.89. The van der Waals surface area contributed by atoms with E-state index in [9.17, 15) is 43.2 Å². The Kier molecular flexibility index (Phi) is 62.5. The van der Waals surface area contributed by atoms with Gasteiger partial charge >= 0.3 is 39.5 Å². The SMILES string of the molecule is CCCCCC/C=C\C=C/CCCCCCCC(=O)OC[C@H](COP(=O)(O)OC[C@@H](O)COP(=O)(O)OC[C@@H](COC(=O)CCCCCCC)OC(=O)CCCCCCCCCC)OC(=O)CCCCCCCCCCCCCCCCCCCCCCC. The fourth-order valence-electron chi connectivity index (χ4n) is 10.2. The number of aliphatic hydroxyl groups excluding tert-OH is 1. The molecule has 17 nitrogen and oxygen atoms in total. The monoisotopic (exact) mass is 1310 g/mol. The number of carbonyl (C=O) groups excluding carboxylic acids is 4. The Bertz CT molecular complexity index is 1800. The van der Waals surface area contributed by atoms with Crippen LogP contribution in [-0.4, -0.2) is 96.7 Å². The summed E-state index contributed by atoms with van der Waals surface area (Å²) in [6.45, 7) is 4.75. The third-order valence-electron chi connectivity index (χ3n) is 15.7. The van der Waals surface area contributed by atoms with Gasteiger partial charge in [0.25, 0.3) is 0 Å². The molecule has 0 aromatic carbocycles. The Morgan fingerprint density at radius 2 is 0.539 bits per heavy atom. The number of allylic oxidation sites excluding steroid dienone is 4. The zero-order chi connectivity index (χ0) is 65.4. The number of phosphoric acid groups is 2. The maximum absolute atomic E-state index is 13.0. The first-order valence-corrected chi connectivity index (χ1v) is 39.1. The molecule has 0 aliphatic heterocycles. The van der Waals surface area contributed by atoms with Crippen molar-refractivity contribution in [2.45, 2.75) is 361 Å². The lowest BCUT2D eigenvalue weighted by molar-refractivity contribution is -0.161. The molecule has 0 saturated heterocycles. The third kappa shape index (κ3) is 64.1. The van der Waals surface area contributed by atoms with E-state index in [-0.39, 0.29) is 25.7 Å². The van der Waals surface area contributed by atoms with Gasteiger partial charge in [0.1, 0.15) is 19.3 Å². The molecular weight excluding hydrogens is 1170 g/mol. The van der Waals surface area contributed by atoms with Crippen LogP contribution in [0.4, 0.5) is 0 Å². The van der Waals surface area contributed by atoms with Crippen LogP contribution < -0.4 is 0 Å². The van der Waals surface area contributed by atoms with E-state index in [1.54, 1.807) is 0 Å². The molecule has 0 aliphatic carbocycles. The molecule has 0 spiro atoms. The predicted octanol–water partition coefficient (Wildman–Crippen LogP) is 19.8. The molecule has 0 radical (unpaired) electrons. The van der Waals surface area contributed by atoms with Gasteiger partial charge in [-0.3, -0.25) is 37.3 Å². The van der Waals surface area contributed by atoms with E-state index in [2.05, 4.69) is 52.0 Å².